The standard InChI is InChI=1S/C12H10BrFN2S/c13-10-5-6-11(15)16-12(10)17-7-8-1-3-9(14)4-2-8/h1-6H,7H2,(H2,15,16). The van der Waals surface area contributed by atoms with E-state index in [0.717, 1.165) is 20.8 Å². The fourth-order valence-corrected chi connectivity index (χ4v) is 2.71. The Kier molecular flexibility index (Phi) is 4.02. The lowest BCUT2D eigenvalue weighted by molar-refractivity contribution is 0.627. The number of anilines is 1. The van der Waals surface area contributed by atoms with E-state index in [1.807, 2.05) is 6.07 Å². The minimum absolute atomic E-state index is 0.220. The molecule has 0 atom stereocenters. The Morgan fingerprint density at radius 3 is 2.59 bits per heavy atom. The highest BCUT2D eigenvalue weighted by Gasteiger charge is 2.03. The fourth-order valence-electron chi connectivity index (χ4n) is 1.27. The number of halogens is 2. The summed E-state index contributed by atoms with van der Waals surface area (Å²) in [5, 5.41) is 0.842. The van der Waals surface area contributed by atoms with Crippen LogP contribution in [0.5, 0.6) is 0 Å². The molecule has 1 heterocycles. The minimum Gasteiger partial charge on any atom is -0.384 e. The predicted molar refractivity (Wildman–Crippen MR) is 72.3 cm³/mol. The average Bonchev–Trinajstić information content (AvgIpc) is 2.32. The van der Waals surface area contributed by atoms with E-state index < -0.39 is 0 Å². The third-order valence-electron chi connectivity index (χ3n) is 2.12. The zero-order valence-electron chi connectivity index (χ0n) is 8.86. The molecular weight excluding hydrogens is 303 g/mol. The second kappa shape index (κ2) is 5.51. The monoisotopic (exact) mass is 312 g/mol. The van der Waals surface area contributed by atoms with Crippen molar-refractivity contribution in [3.63, 3.8) is 0 Å². The molecule has 0 aliphatic rings. The van der Waals surface area contributed by atoms with Gasteiger partial charge in [0.05, 0.1) is 0 Å². The lowest BCUT2D eigenvalue weighted by Crippen LogP contribution is -1.92. The molecule has 2 nitrogen and oxygen atoms in total. The van der Waals surface area contributed by atoms with Crippen molar-refractivity contribution in [3.05, 3.63) is 52.3 Å². The lowest BCUT2D eigenvalue weighted by Gasteiger charge is -2.04. The molecule has 0 radical (unpaired) electrons. The maximum Gasteiger partial charge on any atom is 0.124 e. The molecule has 2 N–H and O–H groups in total. The van der Waals surface area contributed by atoms with E-state index in [9.17, 15) is 4.39 Å². The summed E-state index contributed by atoms with van der Waals surface area (Å²) in [5.74, 6) is 1.01. The SMILES string of the molecule is Nc1ccc(Br)c(SCc2ccc(F)cc2)n1. The van der Waals surface area contributed by atoms with Crippen molar-refractivity contribution in [2.75, 3.05) is 5.73 Å². The van der Waals surface area contributed by atoms with Gasteiger partial charge in [0.1, 0.15) is 16.7 Å². The van der Waals surface area contributed by atoms with Crippen LogP contribution in [-0.4, -0.2) is 4.98 Å². The van der Waals surface area contributed by atoms with Crippen LogP contribution in [0.2, 0.25) is 0 Å². The van der Waals surface area contributed by atoms with Gasteiger partial charge in [-0.3, -0.25) is 0 Å². The minimum atomic E-state index is -0.220. The van der Waals surface area contributed by atoms with Gasteiger partial charge in [0, 0.05) is 10.2 Å². The van der Waals surface area contributed by atoms with Gasteiger partial charge < -0.3 is 5.73 Å². The van der Waals surface area contributed by atoms with Gasteiger partial charge in [-0.2, -0.15) is 0 Å². The van der Waals surface area contributed by atoms with E-state index in [2.05, 4.69) is 20.9 Å². The molecule has 1 aromatic carbocycles. The molecule has 0 fully saturated rings. The molecular formula is C12H10BrFN2S. The van der Waals surface area contributed by atoms with Crippen LogP contribution in [0.3, 0.4) is 0 Å². The Bertz CT molecular complexity index is 516. The zero-order chi connectivity index (χ0) is 12.3. The van der Waals surface area contributed by atoms with Crippen molar-refractivity contribution in [3.8, 4) is 0 Å². The van der Waals surface area contributed by atoms with Crippen molar-refractivity contribution in [2.45, 2.75) is 10.8 Å². The summed E-state index contributed by atoms with van der Waals surface area (Å²) in [6.45, 7) is 0. The van der Waals surface area contributed by atoms with Crippen LogP contribution in [0.15, 0.2) is 45.9 Å². The number of benzene rings is 1. The number of nitrogens with zero attached hydrogens (tertiary/aromatic N) is 1. The Hall–Kier alpha value is -1.07. The third-order valence-corrected chi connectivity index (χ3v) is 4.09. The van der Waals surface area contributed by atoms with Gasteiger partial charge in [-0.1, -0.05) is 12.1 Å². The zero-order valence-corrected chi connectivity index (χ0v) is 11.3. The number of hydrogen-bond donors (Lipinski definition) is 1. The summed E-state index contributed by atoms with van der Waals surface area (Å²) in [6, 6.07) is 10.1. The molecule has 0 amide bonds. The second-order valence-corrected chi connectivity index (χ2v) is 5.26. The molecule has 0 saturated carbocycles. The molecule has 0 bridgehead atoms. The van der Waals surface area contributed by atoms with Crippen molar-refractivity contribution in [1.82, 2.24) is 4.98 Å². The number of aromatic nitrogens is 1. The van der Waals surface area contributed by atoms with Crippen LogP contribution in [0.25, 0.3) is 0 Å². The van der Waals surface area contributed by atoms with Crippen molar-refractivity contribution < 1.29 is 4.39 Å². The predicted octanol–water partition coefficient (Wildman–Crippen LogP) is 3.86. The first-order valence-corrected chi connectivity index (χ1v) is 6.72. The van der Waals surface area contributed by atoms with Crippen LogP contribution in [-0.2, 0) is 5.75 Å². The molecule has 2 aromatic rings. The van der Waals surface area contributed by atoms with Crippen molar-refractivity contribution in [1.29, 1.82) is 0 Å². The maximum atomic E-state index is 12.7. The first-order chi connectivity index (χ1) is 8.15. The van der Waals surface area contributed by atoms with Crippen molar-refractivity contribution in [2.24, 2.45) is 0 Å². The summed E-state index contributed by atoms with van der Waals surface area (Å²) in [4.78, 5) is 4.23. The molecule has 2 rings (SSSR count). The Morgan fingerprint density at radius 1 is 1.18 bits per heavy atom. The number of rotatable bonds is 3. The maximum absolute atomic E-state index is 12.7. The van der Waals surface area contributed by atoms with Gasteiger partial charge in [-0.15, -0.1) is 11.8 Å². The summed E-state index contributed by atoms with van der Waals surface area (Å²) in [7, 11) is 0. The van der Waals surface area contributed by atoms with Gasteiger partial charge in [0.25, 0.3) is 0 Å². The number of hydrogen-bond acceptors (Lipinski definition) is 3. The van der Waals surface area contributed by atoms with E-state index in [4.69, 9.17) is 5.73 Å². The first kappa shape index (κ1) is 12.4. The molecule has 0 unspecified atom stereocenters. The largest absolute Gasteiger partial charge is 0.384 e. The van der Waals surface area contributed by atoms with E-state index >= 15 is 0 Å². The molecule has 17 heavy (non-hydrogen) atoms. The first-order valence-electron chi connectivity index (χ1n) is 4.94. The third kappa shape index (κ3) is 3.44. The molecule has 0 spiro atoms. The van der Waals surface area contributed by atoms with E-state index in [1.165, 1.54) is 12.1 Å². The highest BCUT2D eigenvalue weighted by Crippen LogP contribution is 2.28. The topological polar surface area (TPSA) is 38.9 Å². The average molecular weight is 313 g/mol. The highest BCUT2D eigenvalue weighted by atomic mass is 79.9. The van der Waals surface area contributed by atoms with E-state index in [0.29, 0.717) is 5.82 Å². The number of nitrogen functional groups attached to an aromatic ring is 1. The van der Waals surface area contributed by atoms with Gasteiger partial charge in [0.2, 0.25) is 0 Å². The van der Waals surface area contributed by atoms with Crippen LogP contribution < -0.4 is 5.73 Å². The number of pyridine rings is 1. The smallest absolute Gasteiger partial charge is 0.124 e. The van der Waals surface area contributed by atoms with E-state index in [-0.39, 0.29) is 5.82 Å². The molecule has 0 aliphatic carbocycles. The normalized spacial score (nSPS) is 10.5. The summed E-state index contributed by atoms with van der Waals surface area (Å²) < 4.78 is 13.6. The van der Waals surface area contributed by atoms with Gasteiger partial charge in [-0.05, 0) is 45.8 Å². The fraction of sp³-hybridized carbons (Fsp3) is 0.0833. The highest BCUT2D eigenvalue weighted by molar-refractivity contribution is 9.10. The lowest BCUT2D eigenvalue weighted by atomic mass is 10.2. The quantitative estimate of drug-likeness (QED) is 0.875. The molecule has 0 saturated heterocycles. The molecule has 5 heteroatoms. The molecule has 88 valence electrons. The second-order valence-electron chi connectivity index (χ2n) is 3.44. The Balaban J connectivity index is 2.07. The summed E-state index contributed by atoms with van der Waals surface area (Å²) >= 11 is 4.98. The molecule has 1 aromatic heterocycles. The van der Waals surface area contributed by atoms with Gasteiger partial charge >= 0.3 is 0 Å². The summed E-state index contributed by atoms with van der Waals surface area (Å²) in [5.41, 5.74) is 6.67. The van der Waals surface area contributed by atoms with Gasteiger partial charge in [0.15, 0.2) is 0 Å². The van der Waals surface area contributed by atoms with Gasteiger partial charge in [-0.25, -0.2) is 9.37 Å². The van der Waals surface area contributed by atoms with Crippen LogP contribution in [0.4, 0.5) is 10.2 Å². The molecule has 0 aliphatic heterocycles. The van der Waals surface area contributed by atoms with E-state index in [1.54, 1.807) is 30.0 Å². The van der Waals surface area contributed by atoms with Crippen LogP contribution in [0.1, 0.15) is 5.56 Å². The Morgan fingerprint density at radius 2 is 1.88 bits per heavy atom. The van der Waals surface area contributed by atoms with Crippen LogP contribution >= 0.6 is 27.7 Å². The van der Waals surface area contributed by atoms with Crippen molar-refractivity contribution >= 4 is 33.5 Å². The van der Waals surface area contributed by atoms with Crippen LogP contribution in [0, 0.1) is 5.82 Å². The number of nitrogens with two attached hydrogens (primary N) is 1. The summed E-state index contributed by atoms with van der Waals surface area (Å²) in [6.07, 6.45) is 0. The number of thioether (sulfide) groups is 1. The Labute approximate surface area is 112 Å².